The molecule has 2 aromatic carbocycles. The van der Waals surface area contributed by atoms with Crippen LogP contribution in [0.3, 0.4) is 0 Å². The van der Waals surface area contributed by atoms with Crippen molar-refractivity contribution < 1.29 is 4.74 Å². The van der Waals surface area contributed by atoms with Crippen molar-refractivity contribution in [1.82, 2.24) is 0 Å². The lowest BCUT2D eigenvalue weighted by atomic mass is 10.1. The van der Waals surface area contributed by atoms with Crippen LogP contribution in [0.15, 0.2) is 48.5 Å². The first-order chi connectivity index (χ1) is 10.2. The van der Waals surface area contributed by atoms with E-state index in [1.807, 2.05) is 37.3 Å². The summed E-state index contributed by atoms with van der Waals surface area (Å²) in [7, 11) is 0. The molecule has 0 saturated carbocycles. The Labute approximate surface area is 132 Å². The highest BCUT2D eigenvalue weighted by molar-refractivity contribution is 6.31. The molecule has 0 aliphatic rings. The third kappa shape index (κ3) is 4.95. The van der Waals surface area contributed by atoms with Gasteiger partial charge >= 0.3 is 0 Å². The number of rotatable bonds is 6. The molecule has 0 bridgehead atoms. The summed E-state index contributed by atoms with van der Waals surface area (Å²) in [6, 6.07) is 13.8. The van der Waals surface area contributed by atoms with Gasteiger partial charge in [-0.15, -0.1) is 0 Å². The number of allylic oxidation sites excluding steroid dienone is 1. The molecule has 0 aliphatic carbocycles. The van der Waals surface area contributed by atoms with Crippen LogP contribution < -0.4 is 4.74 Å². The molecule has 0 aromatic heterocycles. The van der Waals surface area contributed by atoms with E-state index in [0.29, 0.717) is 0 Å². The SMILES string of the molecule is CCCC/C=C/c1ccc(Oc2ccc(C)c(Cl)c2)cc1. The molecule has 0 fully saturated rings. The molecule has 2 rings (SSSR count). The number of ether oxygens (including phenoxy) is 1. The lowest BCUT2D eigenvalue weighted by Crippen LogP contribution is -1.85. The lowest BCUT2D eigenvalue weighted by Gasteiger charge is -2.07. The van der Waals surface area contributed by atoms with Gasteiger partial charge in [0.2, 0.25) is 0 Å². The van der Waals surface area contributed by atoms with Crippen LogP contribution in [-0.2, 0) is 0 Å². The molecule has 110 valence electrons. The van der Waals surface area contributed by atoms with Crippen LogP contribution in [0.25, 0.3) is 6.08 Å². The van der Waals surface area contributed by atoms with Gasteiger partial charge in [-0.05, 0) is 48.7 Å². The van der Waals surface area contributed by atoms with Crippen molar-refractivity contribution in [2.45, 2.75) is 33.1 Å². The Kier molecular flexibility index (Phi) is 5.89. The maximum Gasteiger partial charge on any atom is 0.128 e. The average Bonchev–Trinajstić information content (AvgIpc) is 2.49. The van der Waals surface area contributed by atoms with E-state index >= 15 is 0 Å². The predicted molar refractivity (Wildman–Crippen MR) is 91.3 cm³/mol. The number of hydrogen-bond acceptors (Lipinski definition) is 1. The summed E-state index contributed by atoms with van der Waals surface area (Å²) in [6.07, 6.45) is 7.99. The number of hydrogen-bond donors (Lipinski definition) is 0. The van der Waals surface area contributed by atoms with Crippen LogP contribution in [-0.4, -0.2) is 0 Å². The van der Waals surface area contributed by atoms with Gasteiger partial charge in [0.25, 0.3) is 0 Å². The minimum atomic E-state index is 0.725. The average molecular weight is 301 g/mol. The van der Waals surface area contributed by atoms with Crippen molar-refractivity contribution in [2.24, 2.45) is 0 Å². The predicted octanol–water partition coefficient (Wildman–Crippen LogP) is 6.64. The Morgan fingerprint density at radius 1 is 1.05 bits per heavy atom. The molecule has 21 heavy (non-hydrogen) atoms. The molecule has 0 unspecified atom stereocenters. The summed E-state index contributed by atoms with van der Waals surface area (Å²) in [5, 5.41) is 0.725. The van der Waals surface area contributed by atoms with Crippen molar-refractivity contribution >= 4 is 17.7 Å². The molecule has 0 spiro atoms. The molecule has 0 saturated heterocycles. The monoisotopic (exact) mass is 300 g/mol. The summed E-state index contributed by atoms with van der Waals surface area (Å²) in [5.41, 5.74) is 2.25. The minimum Gasteiger partial charge on any atom is -0.457 e. The molecular formula is C19H21ClO. The van der Waals surface area contributed by atoms with E-state index in [2.05, 4.69) is 31.2 Å². The molecule has 1 nitrogen and oxygen atoms in total. The minimum absolute atomic E-state index is 0.725. The fourth-order valence-corrected chi connectivity index (χ4v) is 2.13. The summed E-state index contributed by atoms with van der Waals surface area (Å²) in [4.78, 5) is 0. The van der Waals surface area contributed by atoms with Gasteiger partial charge in [-0.3, -0.25) is 0 Å². The first-order valence-corrected chi connectivity index (χ1v) is 7.77. The molecule has 0 N–H and O–H groups in total. The molecule has 2 aromatic rings. The van der Waals surface area contributed by atoms with Crippen LogP contribution in [0, 0.1) is 6.92 Å². The van der Waals surface area contributed by atoms with E-state index < -0.39 is 0 Å². The zero-order valence-corrected chi connectivity index (χ0v) is 13.4. The van der Waals surface area contributed by atoms with Gasteiger partial charge in [-0.1, -0.05) is 61.7 Å². The van der Waals surface area contributed by atoms with E-state index in [0.717, 1.165) is 28.5 Å². The first kappa shape index (κ1) is 15.7. The van der Waals surface area contributed by atoms with E-state index in [4.69, 9.17) is 16.3 Å². The number of benzene rings is 2. The summed E-state index contributed by atoms with van der Waals surface area (Å²) < 4.78 is 5.80. The highest BCUT2D eigenvalue weighted by Crippen LogP contribution is 2.26. The van der Waals surface area contributed by atoms with Crippen molar-refractivity contribution in [3.63, 3.8) is 0 Å². The van der Waals surface area contributed by atoms with E-state index in [9.17, 15) is 0 Å². The molecule has 0 heterocycles. The number of unbranched alkanes of at least 4 members (excludes halogenated alkanes) is 2. The summed E-state index contributed by atoms with van der Waals surface area (Å²) >= 11 is 6.10. The molecule has 0 atom stereocenters. The third-order valence-electron chi connectivity index (χ3n) is 3.29. The second-order valence-corrected chi connectivity index (χ2v) is 5.53. The van der Waals surface area contributed by atoms with Crippen LogP contribution in [0.2, 0.25) is 5.02 Å². The van der Waals surface area contributed by atoms with Crippen molar-refractivity contribution in [3.05, 3.63) is 64.7 Å². The maximum absolute atomic E-state index is 6.10. The zero-order valence-electron chi connectivity index (χ0n) is 12.6. The van der Waals surface area contributed by atoms with Gasteiger partial charge in [-0.2, -0.15) is 0 Å². The fraction of sp³-hybridized carbons (Fsp3) is 0.263. The Morgan fingerprint density at radius 2 is 1.76 bits per heavy atom. The quantitative estimate of drug-likeness (QED) is 0.543. The molecule has 0 aliphatic heterocycles. The van der Waals surface area contributed by atoms with Crippen molar-refractivity contribution in [2.75, 3.05) is 0 Å². The van der Waals surface area contributed by atoms with Gasteiger partial charge in [0.05, 0.1) is 0 Å². The summed E-state index contributed by atoms with van der Waals surface area (Å²) in [5.74, 6) is 1.58. The Bertz CT molecular complexity index is 599. The zero-order chi connectivity index (χ0) is 15.1. The number of aryl methyl sites for hydroxylation is 1. The molecular weight excluding hydrogens is 280 g/mol. The fourth-order valence-electron chi connectivity index (χ4n) is 1.96. The second-order valence-electron chi connectivity index (χ2n) is 5.13. The largest absolute Gasteiger partial charge is 0.457 e. The van der Waals surface area contributed by atoms with E-state index in [1.165, 1.54) is 18.4 Å². The van der Waals surface area contributed by atoms with Crippen LogP contribution >= 0.6 is 11.6 Å². The van der Waals surface area contributed by atoms with Gasteiger partial charge in [0.15, 0.2) is 0 Å². The Hall–Kier alpha value is -1.73. The Morgan fingerprint density at radius 3 is 2.43 bits per heavy atom. The van der Waals surface area contributed by atoms with Crippen molar-refractivity contribution in [3.8, 4) is 11.5 Å². The van der Waals surface area contributed by atoms with Crippen molar-refractivity contribution in [1.29, 1.82) is 0 Å². The van der Waals surface area contributed by atoms with Crippen LogP contribution in [0.5, 0.6) is 11.5 Å². The maximum atomic E-state index is 6.10. The van der Waals surface area contributed by atoms with Gasteiger partial charge < -0.3 is 4.74 Å². The highest BCUT2D eigenvalue weighted by atomic mass is 35.5. The first-order valence-electron chi connectivity index (χ1n) is 7.39. The van der Waals surface area contributed by atoms with Gasteiger partial charge in [-0.25, -0.2) is 0 Å². The molecule has 0 radical (unpaired) electrons. The smallest absolute Gasteiger partial charge is 0.128 e. The third-order valence-corrected chi connectivity index (χ3v) is 3.70. The summed E-state index contributed by atoms with van der Waals surface area (Å²) in [6.45, 7) is 4.18. The van der Waals surface area contributed by atoms with Gasteiger partial charge in [0.1, 0.15) is 11.5 Å². The topological polar surface area (TPSA) is 9.23 Å². The Balaban J connectivity index is 1.98. The normalized spacial score (nSPS) is 11.0. The molecule has 2 heteroatoms. The van der Waals surface area contributed by atoms with Crippen LogP contribution in [0.4, 0.5) is 0 Å². The van der Waals surface area contributed by atoms with E-state index in [1.54, 1.807) is 0 Å². The standard InChI is InChI=1S/C19H21ClO/c1-3-4-5-6-7-16-9-12-17(13-10-16)21-18-11-8-15(2)19(20)14-18/h6-14H,3-5H2,1-2H3/b7-6+. The van der Waals surface area contributed by atoms with Crippen LogP contribution in [0.1, 0.15) is 37.3 Å². The number of halogens is 1. The van der Waals surface area contributed by atoms with E-state index in [-0.39, 0.29) is 0 Å². The lowest BCUT2D eigenvalue weighted by molar-refractivity contribution is 0.482. The highest BCUT2D eigenvalue weighted by Gasteiger charge is 2.00. The molecule has 0 amide bonds. The van der Waals surface area contributed by atoms with Gasteiger partial charge in [0, 0.05) is 5.02 Å². The second kappa shape index (κ2) is 7.90.